The first-order valence-corrected chi connectivity index (χ1v) is 6.83. The van der Waals surface area contributed by atoms with E-state index in [4.69, 9.17) is 0 Å². The van der Waals surface area contributed by atoms with Crippen LogP contribution in [0, 0.1) is 23.3 Å². The van der Waals surface area contributed by atoms with Crippen molar-refractivity contribution in [1.82, 2.24) is 0 Å². The first-order chi connectivity index (χ1) is 10.2. The van der Waals surface area contributed by atoms with Crippen LogP contribution in [0.4, 0.5) is 17.6 Å². The molecule has 1 N–H and O–H groups in total. The van der Waals surface area contributed by atoms with Crippen molar-refractivity contribution in [3.05, 3.63) is 64.8 Å². The molecule has 0 radical (unpaired) electrons. The maximum absolute atomic E-state index is 14.2. The molecular weight excluding hydrogens is 296 g/mol. The van der Waals surface area contributed by atoms with Gasteiger partial charge in [-0.3, -0.25) is 0 Å². The molecule has 0 saturated carbocycles. The summed E-state index contributed by atoms with van der Waals surface area (Å²) in [6.45, 7) is 4.36. The lowest BCUT2D eigenvalue weighted by Crippen LogP contribution is -2.15. The second kappa shape index (κ2) is 5.72. The van der Waals surface area contributed by atoms with Crippen molar-refractivity contribution >= 4 is 5.57 Å². The summed E-state index contributed by atoms with van der Waals surface area (Å²) in [6.07, 6.45) is 6.57. The van der Waals surface area contributed by atoms with E-state index in [1.165, 1.54) is 51.2 Å². The zero-order valence-corrected chi connectivity index (χ0v) is 12.4. The highest BCUT2D eigenvalue weighted by molar-refractivity contribution is 5.77. The van der Waals surface area contributed by atoms with Gasteiger partial charge < -0.3 is 5.11 Å². The fourth-order valence-corrected chi connectivity index (χ4v) is 2.29. The predicted molar refractivity (Wildman–Crippen MR) is 77.2 cm³/mol. The van der Waals surface area contributed by atoms with Crippen molar-refractivity contribution in [3.63, 3.8) is 0 Å². The summed E-state index contributed by atoms with van der Waals surface area (Å²) >= 11 is 0. The molecule has 5 heteroatoms. The van der Waals surface area contributed by atoms with Crippen LogP contribution in [0.5, 0.6) is 0 Å². The Morgan fingerprint density at radius 1 is 0.955 bits per heavy atom. The number of rotatable bonds is 2. The third kappa shape index (κ3) is 2.86. The summed E-state index contributed by atoms with van der Waals surface area (Å²) in [4.78, 5) is 0. The Hall–Kier alpha value is -1.88. The minimum atomic E-state index is -1.44. The Morgan fingerprint density at radius 2 is 1.50 bits per heavy atom. The van der Waals surface area contributed by atoms with Gasteiger partial charge in [0.15, 0.2) is 23.3 Å². The Kier molecular flexibility index (Phi) is 4.29. The molecule has 22 heavy (non-hydrogen) atoms. The number of hydrogen-bond acceptors (Lipinski definition) is 1. The lowest BCUT2D eigenvalue weighted by atomic mass is 9.95. The van der Waals surface area contributed by atoms with E-state index in [9.17, 15) is 22.7 Å². The standard InChI is InChI=1S/C17H16F4O/c1-9(2)11-13(18)15(20)12(16(21)14(11)19)10-5-4-7-17(3,22)8-6-10/h4-9,22H,1-3H3. The van der Waals surface area contributed by atoms with Crippen LogP contribution in [0.1, 0.15) is 37.8 Å². The summed E-state index contributed by atoms with van der Waals surface area (Å²) in [7, 11) is 0. The summed E-state index contributed by atoms with van der Waals surface area (Å²) in [6, 6.07) is 0. The normalized spacial score (nSPS) is 21.2. The Bertz CT molecular complexity index is 668. The van der Waals surface area contributed by atoms with Gasteiger partial charge in [-0.15, -0.1) is 0 Å². The van der Waals surface area contributed by atoms with E-state index < -0.39 is 45.9 Å². The second-order valence-electron chi connectivity index (χ2n) is 5.74. The number of halogens is 4. The van der Waals surface area contributed by atoms with Crippen LogP contribution in [0.25, 0.3) is 5.57 Å². The lowest BCUT2D eigenvalue weighted by Gasteiger charge is -2.15. The Balaban J connectivity index is 2.69. The van der Waals surface area contributed by atoms with Crippen molar-refractivity contribution in [2.45, 2.75) is 32.3 Å². The average molecular weight is 312 g/mol. The van der Waals surface area contributed by atoms with Gasteiger partial charge in [-0.1, -0.05) is 32.1 Å². The van der Waals surface area contributed by atoms with Crippen molar-refractivity contribution in [2.75, 3.05) is 0 Å². The van der Waals surface area contributed by atoms with Crippen molar-refractivity contribution in [2.24, 2.45) is 0 Å². The summed E-state index contributed by atoms with van der Waals surface area (Å²) in [5, 5.41) is 9.84. The highest BCUT2D eigenvalue weighted by Gasteiger charge is 2.28. The molecule has 0 aliphatic heterocycles. The number of hydrogen-bond donors (Lipinski definition) is 1. The van der Waals surface area contributed by atoms with Crippen molar-refractivity contribution in [1.29, 1.82) is 0 Å². The first-order valence-electron chi connectivity index (χ1n) is 6.83. The predicted octanol–water partition coefficient (Wildman–Crippen LogP) is 4.63. The second-order valence-corrected chi connectivity index (χ2v) is 5.74. The fraction of sp³-hybridized carbons (Fsp3) is 0.294. The largest absolute Gasteiger partial charge is 0.382 e. The molecule has 1 aromatic carbocycles. The lowest BCUT2D eigenvalue weighted by molar-refractivity contribution is 0.164. The topological polar surface area (TPSA) is 20.2 Å². The van der Waals surface area contributed by atoms with E-state index in [0.29, 0.717) is 0 Å². The van der Waals surface area contributed by atoms with Gasteiger partial charge in [0.25, 0.3) is 0 Å². The van der Waals surface area contributed by atoms with E-state index in [1.54, 1.807) is 0 Å². The van der Waals surface area contributed by atoms with E-state index >= 15 is 0 Å². The molecule has 118 valence electrons. The molecule has 1 nitrogen and oxygen atoms in total. The molecule has 1 aliphatic rings. The van der Waals surface area contributed by atoms with Crippen molar-refractivity contribution in [3.8, 4) is 0 Å². The quantitative estimate of drug-likeness (QED) is 0.624. The van der Waals surface area contributed by atoms with Gasteiger partial charge in [-0.05, 0) is 30.6 Å². The highest BCUT2D eigenvalue weighted by atomic mass is 19.2. The smallest absolute Gasteiger partial charge is 0.170 e. The van der Waals surface area contributed by atoms with E-state index in [0.717, 1.165) is 0 Å². The van der Waals surface area contributed by atoms with Crippen LogP contribution in [-0.4, -0.2) is 10.7 Å². The van der Waals surface area contributed by atoms with Gasteiger partial charge in [0.1, 0.15) is 0 Å². The van der Waals surface area contributed by atoms with Crippen LogP contribution >= 0.6 is 0 Å². The van der Waals surface area contributed by atoms with Gasteiger partial charge in [0, 0.05) is 5.56 Å². The summed E-state index contributed by atoms with van der Waals surface area (Å²) in [5.74, 6) is -6.35. The number of allylic oxidation sites excluding steroid dienone is 4. The molecule has 1 unspecified atom stereocenters. The molecule has 1 atom stereocenters. The zero-order valence-electron chi connectivity index (χ0n) is 12.4. The molecule has 0 bridgehead atoms. The van der Waals surface area contributed by atoms with Crippen LogP contribution in [0.3, 0.4) is 0 Å². The highest BCUT2D eigenvalue weighted by Crippen LogP contribution is 2.34. The molecule has 0 fully saturated rings. The summed E-state index contributed by atoms with van der Waals surface area (Å²) in [5.41, 5.74) is -2.75. The van der Waals surface area contributed by atoms with Crippen molar-refractivity contribution < 1.29 is 22.7 Å². The fourth-order valence-electron chi connectivity index (χ4n) is 2.29. The SMILES string of the molecule is CC(C)c1c(F)c(F)c(C2=CC=CC(C)(O)C=C2)c(F)c1F. The third-order valence-electron chi connectivity index (χ3n) is 3.47. The molecule has 0 saturated heterocycles. The molecule has 0 aromatic heterocycles. The Labute approximate surface area is 126 Å². The molecule has 1 aromatic rings. The zero-order chi connectivity index (χ0) is 16.7. The Morgan fingerprint density at radius 3 is 2.00 bits per heavy atom. The number of benzene rings is 1. The van der Waals surface area contributed by atoms with Gasteiger partial charge >= 0.3 is 0 Å². The maximum atomic E-state index is 14.2. The molecule has 0 amide bonds. The van der Waals surface area contributed by atoms with Gasteiger partial charge in [-0.2, -0.15) is 0 Å². The summed E-state index contributed by atoms with van der Waals surface area (Å²) < 4.78 is 56.6. The van der Waals surface area contributed by atoms with E-state index in [2.05, 4.69) is 0 Å². The van der Waals surface area contributed by atoms with Gasteiger partial charge in [0.05, 0.1) is 11.2 Å². The van der Waals surface area contributed by atoms with Crippen LogP contribution in [0.15, 0.2) is 30.4 Å². The van der Waals surface area contributed by atoms with Crippen LogP contribution in [-0.2, 0) is 0 Å². The molecule has 2 rings (SSSR count). The average Bonchev–Trinajstić information content (AvgIpc) is 2.58. The minimum absolute atomic E-state index is 0.0582. The molecule has 0 heterocycles. The number of aliphatic hydroxyl groups is 1. The molecule has 0 spiro atoms. The van der Waals surface area contributed by atoms with Crippen LogP contribution < -0.4 is 0 Å². The minimum Gasteiger partial charge on any atom is -0.382 e. The van der Waals surface area contributed by atoms with Gasteiger partial charge in [-0.25, -0.2) is 17.6 Å². The maximum Gasteiger partial charge on any atom is 0.170 e. The van der Waals surface area contributed by atoms with E-state index in [-0.39, 0.29) is 5.57 Å². The monoisotopic (exact) mass is 312 g/mol. The van der Waals surface area contributed by atoms with E-state index in [1.807, 2.05) is 0 Å². The molecular formula is C17H16F4O. The third-order valence-corrected chi connectivity index (χ3v) is 3.47. The molecule has 1 aliphatic carbocycles. The first kappa shape index (κ1) is 16.5. The van der Waals surface area contributed by atoms with Gasteiger partial charge in [0.2, 0.25) is 0 Å². The van der Waals surface area contributed by atoms with Crippen LogP contribution in [0.2, 0.25) is 0 Å².